The first kappa shape index (κ1) is 18.9. The molecule has 1 aromatic rings. The summed E-state index contributed by atoms with van der Waals surface area (Å²) in [5.41, 5.74) is 0.965. The van der Waals surface area contributed by atoms with Gasteiger partial charge in [-0.15, -0.1) is 12.4 Å². The lowest BCUT2D eigenvalue weighted by molar-refractivity contribution is 0.232. The monoisotopic (exact) mass is 396 g/mol. The van der Waals surface area contributed by atoms with Crippen LogP contribution in [0.2, 0.25) is 0 Å². The smallest absolute Gasteiger partial charge is 0.240 e. The molecule has 0 radical (unpaired) electrons. The lowest BCUT2D eigenvalue weighted by atomic mass is 9.81. The average molecular weight is 398 g/mol. The van der Waals surface area contributed by atoms with Crippen molar-refractivity contribution in [2.24, 2.45) is 5.41 Å². The lowest BCUT2D eigenvalue weighted by Crippen LogP contribution is -2.42. The largest absolute Gasteiger partial charge is 0.317 e. The van der Waals surface area contributed by atoms with E-state index in [0.717, 1.165) is 36.0 Å². The molecule has 21 heavy (non-hydrogen) atoms. The number of aryl methyl sites for hydroxylation is 1. The molecule has 2 N–H and O–H groups in total. The summed E-state index contributed by atoms with van der Waals surface area (Å²) in [6, 6.07) is 5.23. The Hall–Kier alpha value is -0.140. The van der Waals surface area contributed by atoms with Crippen LogP contribution in [0.4, 0.5) is 0 Å². The number of piperidine rings is 1. The summed E-state index contributed by atoms with van der Waals surface area (Å²) in [5.74, 6) is 0. The Morgan fingerprint density at radius 1 is 1.29 bits per heavy atom. The van der Waals surface area contributed by atoms with Crippen molar-refractivity contribution in [2.75, 3.05) is 19.6 Å². The molecular weight excluding hydrogens is 376 g/mol. The second kappa shape index (κ2) is 7.42. The van der Waals surface area contributed by atoms with Crippen LogP contribution < -0.4 is 10.0 Å². The second-order valence-corrected chi connectivity index (χ2v) is 8.53. The van der Waals surface area contributed by atoms with Gasteiger partial charge >= 0.3 is 0 Å². The molecule has 1 heterocycles. The molecule has 1 aromatic carbocycles. The third kappa shape index (κ3) is 5.21. The van der Waals surface area contributed by atoms with Crippen LogP contribution in [-0.2, 0) is 10.0 Å². The van der Waals surface area contributed by atoms with Crippen LogP contribution in [0, 0.1) is 12.3 Å². The maximum atomic E-state index is 12.4. The van der Waals surface area contributed by atoms with Crippen molar-refractivity contribution in [3.8, 4) is 0 Å². The van der Waals surface area contributed by atoms with Crippen molar-refractivity contribution >= 4 is 38.4 Å². The van der Waals surface area contributed by atoms with E-state index in [-0.39, 0.29) is 17.8 Å². The first-order chi connectivity index (χ1) is 9.31. The van der Waals surface area contributed by atoms with Crippen LogP contribution in [0.1, 0.15) is 25.3 Å². The average Bonchev–Trinajstić information content (AvgIpc) is 2.37. The number of nitrogens with one attached hydrogen (secondary N) is 2. The topological polar surface area (TPSA) is 58.2 Å². The highest BCUT2D eigenvalue weighted by atomic mass is 79.9. The van der Waals surface area contributed by atoms with E-state index in [1.165, 1.54) is 0 Å². The van der Waals surface area contributed by atoms with Crippen LogP contribution >= 0.6 is 28.3 Å². The number of halogens is 2. The van der Waals surface area contributed by atoms with Crippen molar-refractivity contribution in [3.63, 3.8) is 0 Å². The van der Waals surface area contributed by atoms with Crippen molar-refractivity contribution in [3.05, 3.63) is 28.2 Å². The predicted octanol–water partition coefficient (Wildman–Crippen LogP) is 2.85. The molecule has 7 heteroatoms. The van der Waals surface area contributed by atoms with Crippen LogP contribution in [-0.4, -0.2) is 28.1 Å². The molecule has 2 rings (SSSR count). The quantitative estimate of drug-likeness (QED) is 0.821. The minimum absolute atomic E-state index is 0. The van der Waals surface area contributed by atoms with E-state index in [4.69, 9.17) is 0 Å². The molecule has 0 bridgehead atoms. The molecule has 0 spiro atoms. The highest BCUT2D eigenvalue weighted by molar-refractivity contribution is 9.10. The lowest BCUT2D eigenvalue weighted by Gasteiger charge is -2.34. The molecule has 0 saturated carbocycles. The van der Waals surface area contributed by atoms with Gasteiger partial charge in [-0.3, -0.25) is 0 Å². The van der Waals surface area contributed by atoms with Crippen LogP contribution in [0.5, 0.6) is 0 Å². The third-order valence-electron chi connectivity index (χ3n) is 3.83. The Bertz CT molecular complexity index is 566. The van der Waals surface area contributed by atoms with Gasteiger partial charge in [-0.2, -0.15) is 0 Å². The zero-order chi connectivity index (χ0) is 14.8. The summed E-state index contributed by atoms with van der Waals surface area (Å²) in [6.45, 7) is 6.42. The van der Waals surface area contributed by atoms with Gasteiger partial charge in [0, 0.05) is 11.0 Å². The minimum atomic E-state index is -3.44. The summed E-state index contributed by atoms with van der Waals surface area (Å²) in [7, 11) is -3.44. The van der Waals surface area contributed by atoms with Crippen LogP contribution in [0.3, 0.4) is 0 Å². The standard InChI is InChI=1S/C14H21BrN2O2S.ClH/c1-11-7-12(15)9-13(8-11)20(18,19)17-10-14(2)3-5-16-6-4-14;/h7-9,16-17H,3-6,10H2,1-2H3;1H. The Kier molecular flexibility index (Phi) is 6.68. The fourth-order valence-electron chi connectivity index (χ4n) is 2.42. The van der Waals surface area contributed by atoms with Gasteiger partial charge < -0.3 is 5.32 Å². The van der Waals surface area contributed by atoms with Gasteiger partial charge in [0.2, 0.25) is 10.0 Å². The zero-order valence-corrected chi connectivity index (χ0v) is 15.5. The van der Waals surface area contributed by atoms with Gasteiger partial charge in [-0.05, 0) is 62.0 Å². The van der Waals surface area contributed by atoms with E-state index in [9.17, 15) is 8.42 Å². The summed E-state index contributed by atoms with van der Waals surface area (Å²) in [4.78, 5) is 0.321. The molecule has 4 nitrogen and oxygen atoms in total. The number of hydrogen-bond acceptors (Lipinski definition) is 3. The number of benzene rings is 1. The van der Waals surface area contributed by atoms with Crippen molar-refractivity contribution < 1.29 is 8.42 Å². The molecule has 1 fully saturated rings. The van der Waals surface area contributed by atoms with Gasteiger partial charge in [0.05, 0.1) is 4.90 Å². The molecule has 120 valence electrons. The Labute approximate surface area is 141 Å². The summed E-state index contributed by atoms with van der Waals surface area (Å²) < 4.78 is 28.3. The fraction of sp³-hybridized carbons (Fsp3) is 0.571. The zero-order valence-electron chi connectivity index (χ0n) is 12.3. The van der Waals surface area contributed by atoms with Gasteiger partial charge in [-0.25, -0.2) is 13.1 Å². The first-order valence-corrected chi connectivity index (χ1v) is 9.06. The Morgan fingerprint density at radius 3 is 2.48 bits per heavy atom. The van der Waals surface area contributed by atoms with E-state index in [2.05, 4.69) is 32.9 Å². The van der Waals surface area contributed by atoms with Gasteiger partial charge in [0.1, 0.15) is 0 Å². The number of hydrogen-bond donors (Lipinski definition) is 2. The fourth-order valence-corrected chi connectivity index (χ4v) is 4.51. The van der Waals surface area contributed by atoms with Crippen LogP contribution in [0.15, 0.2) is 27.6 Å². The highest BCUT2D eigenvalue weighted by Crippen LogP contribution is 2.27. The number of rotatable bonds is 4. The molecular formula is C14H22BrClN2O2S. The maximum absolute atomic E-state index is 12.4. The normalized spacial score (nSPS) is 18.0. The minimum Gasteiger partial charge on any atom is -0.317 e. The Balaban J connectivity index is 0.00000220. The molecule has 0 aliphatic carbocycles. The molecule has 0 amide bonds. The van der Waals surface area contributed by atoms with Gasteiger partial charge in [0.25, 0.3) is 0 Å². The van der Waals surface area contributed by atoms with Crippen LogP contribution in [0.25, 0.3) is 0 Å². The highest BCUT2D eigenvalue weighted by Gasteiger charge is 2.28. The van der Waals surface area contributed by atoms with E-state index in [1.54, 1.807) is 12.1 Å². The predicted molar refractivity (Wildman–Crippen MR) is 91.5 cm³/mol. The summed E-state index contributed by atoms with van der Waals surface area (Å²) in [5, 5.41) is 3.30. The van der Waals surface area contributed by atoms with Gasteiger partial charge in [0.15, 0.2) is 0 Å². The van der Waals surface area contributed by atoms with Crippen molar-refractivity contribution in [1.29, 1.82) is 0 Å². The molecule has 1 aliphatic rings. The molecule has 0 unspecified atom stereocenters. The first-order valence-electron chi connectivity index (χ1n) is 6.78. The number of sulfonamides is 1. The van der Waals surface area contributed by atoms with Crippen molar-refractivity contribution in [1.82, 2.24) is 10.0 Å². The molecule has 0 atom stereocenters. The molecule has 1 aliphatic heterocycles. The second-order valence-electron chi connectivity index (χ2n) is 5.85. The van der Waals surface area contributed by atoms with E-state index in [0.29, 0.717) is 11.4 Å². The van der Waals surface area contributed by atoms with Gasteiger partial charge in [-0.1, -0.05) is 22.9 Å². The van der Waals surface area contributed by atoms with E-state index in [1.807, 2.05) is 13.0 Å². The van der Waals surface area contributed by atoms with Crippen molar-refractivity contribution in [2.45, 2.75) is 31.6 Å². The SMILES string of the molecule is Cc1cc(Br)cc(S(=O)(=O)NCC2(C)CCNCC2)c1.Cl. The summed E-state index contributed by atoms with van der Waals surface area (Å²) in [6.07, 6.45) is 1.99. The maximum Gasteiger partial charge on any atom is 0.240 e. The Morgan fingerprint density at radius 2 is 1.90 bits per heavy atom. The molecule has 0 aromatic heterocycles. The van der Waals surface area contributed by atoms with E-state index < -0.39 is 10.0 Å². The van der Waals surface area contributed by atoms with E-state index >= 15 is 0 Å². The molecule has 1 saturated heterocycles. The summed E-state index contributed by atoms with van der Waals surface area (Å²) >= 11 is 3.34. The third-order valence-corrected chi connectivity index (χ3v) is 5.66.